The van der Waals surface area contributed by atoms with Crippen LogP contribution in [0, 0.1) is 6.92 Å². The first-order chi connectivity index (χ1) is 15.0. The number of anilines is 2. The lowest BCUT2D eigenvalue weighted by Gasteiger charge is -2.36. The summed E-state index contributed by atoms with van der Waals surface area (Å²) in [5.41, 5.74) is 0.840. The van der Waals surface area contributed by atoms with Crippen LogP contribution in [-0.2, 0) is 9.47 Å². The largest absolute Gasteiger partial charge is 0.462 e. The van der Waals surface area contributed by atoms with E-state index in [2.05, 4.69) is 20.2 Å². The van der Waals surface area contributed by atoms with Crippen molar-refractivity contribution in [2.45, 2.75) is 20.8 Å². The summed E-state index contributed by atoms with van der Waals surface area (Å²) in [6, 6.07) is 1.79. The molecule has 1 aliphatic rings. The van der Waals surface area contributed by atoms with Crippen molar-refractivity contribution < 1.29 is 19.1 Å². The fraction of sp³-hybridized carbons (Fsp3) is 0.450. The van der Waals surface area contributed by atoms with Gasteiger partial charge in [0.2, 0.25) is 5.95 Å². The number of ether oxygens (including phenoxy) is 2. The molecule has 3 rings (SSSR count). The zero-order valence-electron chi connectivity index (χ0n) is 17.7. The molecule has 0 radical (unpaired) electrons. The van der Waals surface area contributed by atoms with Gasteiger partial charge in [-0.15, -0.1) is 11.3 Å². The normalized spacial score (nSPS) is 13.6. The molecule has 1 fully saturated rings. The van der Waals surface area contributed by atoms with Crippen LogP contribution in [0.1, 0.15) is 39.4 Å². The highest BCUT2D eigenvalue weighted by molar-refractivity contribution is 7.80. The van der Waals surface area contributed by atoms with Crippen molar-refractivity contribution in [3.8, 4) is 0 Å². The maximum atomic E-state index is 12.6. The lowest BCUT2D eigenvalue weighted by Crippen LogP contribution is -2.50. The Morgan fingerprint density at radius 1 is 1.10 bits per heavy atom. The molecule has 0 atom stereocenters. The minimum Gasteiger partial charge on any atom is -0.462 e. The van der Waals surface area contributed by atoms with E-state index in [0.717, 1.165) is 11.3 Å². The molecule has 166 valence electrons. The van der Waals surface area contributed by atoms with Crippen LogP contribution >= 0.6 is 23.6 Å². The summed E-state index contributed by atoms with van der Waals surface area (Å²) in [6.45, 7) is 8.45. The number of nitrogens with one attached hydrogen (secondary N) is 1. The van der Waals surface area contributed by atoms with Gasteiger partial charge in [0.1, 0.15) is 9.88 Å². The van der Waals surface area contributed by atoms with Crippen molar-refractivity contribution in [3.63, 3.8) is 0 Å². The van der Waals surface area contributed by atoms with Crippen LogP contribution in [0.25, 0.3) is 0 Å². The van der Waals surface area contributed by atoms with Crippen LogP contribution in [0.5, 0.6) is 0 Å². The van der Waals surface area contributed by atoms with Gasteiger partial charge in [-0.25, -0.2) is 19.6 Å². The molecule has 9 nitrogen and oxygen atoms in total. The van der Waals surface area contributed by atoms with E-state index < -0.39 is 11.9 Å². The second-order valence-corrected chi connectivity index (χ2v) is 8.06. The number of carbonyl (C=O) groups excluding carboxylic acids is 2. The van der Waals surface area contributed by atoms with Gasteiger partial charge in [0.05, 0.1) is 18.8 Å². The van der Waals surface area contributed by atoms with E-state index in [1.165, 1.54) is 0 Å². The van der Waals surface area contributed by atoms with E-state index in [1.807, 2.05) is 4.90 Å². The maximum Gasteiger partial charge on any atom is 0.348 e. The third kappa shape index (κ3) is 5.28. The Kier molecular flexibility index (Phi) is 7.75. The molecule has 0 aromatic carbocycles. The van der Waals surface area contributed by atoms with Crippen LogP contribution in [0.2, 0.25) is 0 Å². The standard InChI is InChI=1S/C20H25N5O4S2/c1-4-28-17(26)14-13(3)15(18(27)29-5-2)31-16(14)23-20(30)25-11-9-24(10-12-25)19-21-7-6-8-22-19/h6-8H,4-5,9-12H2,1-3H3,(H,23,30). The molecular formula is C20H25N5O4S2. The summed E-state index contributed by atoms with van der Waals surface area (Å²) in [5.74, 6) is -0.271. The monoisotopic (exact) mass is 463 g/mol. The number of piperazine rings is 1. The Balaban J connectivity index is 1.73. The Morgan fingerprint density at radius 2 is 1.71 bits per heavy atom. The van der Waals surface area contributed by atoms with Crippen LogP contribution in [0.15, 0.2) is 18.5 Å². The zero-order chi connectivity index (χ0) is 22.4. The third-order valence-corrected chi connectivity index (χ3v) is 6.26. The second kappa shape index (κ2) is 10.5. The van der Waals surface area contributed by atoms with Crippen LogP contribution in [0.4, 0.5) is 10.9 Å². The van der Waals surface area contributed by atoms with E-state index in [1.54, 1.807) is 39.2 Å². The number of aromatic nitrogens is 2. The Morgan fingerprint density at radius 3 is 2.32 bits per heavy atom. The van der Waals surface area contributed by atoms with E-state index >= 15 is 0 Å². The maximum absolute atomic E-state index is 12.6. The van der Waals surface area contributed by atoms with Crippen molar-refractivity contribution in [2.75, 3.05) is 49.6 Å². The van der Waals surface area contributed by atoms with Crippen molar-refractivity contribution in [1.82, 2.24) is 14.9 Å². The molecule has 2 aromatic heterocycles. The summed E-state index contributed by atoms with van der Waals surface area (Å²) in [6.07, 6.45) is 3.44. The highest BCUT2D eigenvalue weighted by Gasteiger charge is 2.28. The van der Waals surface area contributed by atoms with Gasteiger partial charge in [0.25, 0.3) is 0 Å². The van der Waals surface area contributed by atoms with Gasteiger partial charge in [-0.2, -0.15) is 0 Å². The van der Waals surface area contributed by atoms with Gasteiger partial charge in [-0.05, 0) is 44.6 Å². The number of thiophene rings is 1. The van der Waals surface area contributed by atoms with Gasteiger partial charge < -0.3 is 24.6 Å². The molecule has 0 aliphatic carbocycles. The van der Waals surface area contributed by atoms with Crippen LogP contribution in [-0.4, -0.2) is 71.3 Å². The molecule has 0 amide bonds. The Labute approximate surface area is 190 Å². The lowest BCUT2D eigenvalue weighted by molar-refractivity contribution is 0.0527. The third-order valence-electron chi connectivity index (χ3n) is 4.71. The predicted octanol–water partition coefficient (Wildman–Crippen LogP) is 2.72. The smallest absolute Gasteiger partial charge is 0.348 e. The molecule has 1 N–H and O–H groups in total. The molecular weight excluding hydrogens is 438 g/mol. The summed E-state index contributed by atoms with van der Waals surface area (Å²) in [7, 11) is 0. The number of rotatable bonds is 6. The van der Waals surface area contributed by atoms with Crippen molar-refractivity contribution in [2.24, 2.45) is 0 Å². The number of hydrogen-bond donors (Lipinski definition) is 1. The minimum absolute atomic E-state index is 0.232. The van der Waals surface area contributed by atoms with Crippen LogP contribution < -0.4 is 10.2 Å². The average molecular weight is 464 g/mol. The van der Waals surface area contributed by atoms with Gasteiger partial charge in [-0.3, -0.25) is 0 Å². The van der Waals surface area contributed by atoms with Gasteiger partial charge in [-0.1, -0.05) is 0 Å². The summed E-state index contributed by atoms with van der Waals surface area (Å²) < 4.78 is 10.3. The molecule has 1 saturated heterocycles. The van der Waals surface area contributed by atoms with E-state index in [9.17, 15) is 9.59 Å². The zero-order valence-corrected chi connectivity index (χ0v) is 19.3. The lowest BCUT2D eigenvalue weighted by atomic mass is 10.1. The molecule has 0 saturated carbocycles. The molecule has 1 aliphatic heterocycles. The fourth-order valence-electron chi connectivity index (χ4n) is 3.18. The van der Waals surface area contributed by atoms with E-state index in [0.29, 0.717) is 58.2 Å². The molecule has 31 heavy (non-hydrogen) atoms. The molecule has 0 unspecified atom stereocenters. The van der Waals surface area contributed by atoms with Crippen molar-refractivity contribution >= 4 is 51.6 Å². The summed E-state index contributed by atoms with van der Waals surface area (Å²) >= 11 is 6.74. The summed E-state index contributed by atoms with van der Waals surface area (Å²) in [4.78, 5) is 37.9. The number of thiocarbonyl (C=S) groups is 1. The highest BCUT2D eigenvalue weighted by atomic mass is 32.1. The van der Waals surface area contributed by atoms with E-state index in [-0.39, 0.29) is 13.2 Å². The van der Waals surface area contributed by atoms with Crippen molar-refractivity contribution in [3.05, 3.63) is 34.5 Å². The first-order valence-electron chi connectivity index (χ1n) is 10.0. The Hall–Kier alpha value is -2.79. The van der Waals surface area contributed by atoms with Gasteiger partial charge in [0, 0.05) is 38.6 Å². The SMILES string of the molecule is CCOC(=O)c1sc(NC(=S)N2CCN(c3ncccn3)CC2)c(C(=O)OCC)c1C. The van der Waals surface area contributed by atoms with Gasteiger partial charge >= 0.3 is 11.9 Å². The quantitative estimate of drug-likeness (QED) is 0.509. The average Bonchev–Trinajstić information content (AvgIpc) is 3.10. The number of hydrogen-bond acceptors (Lipinski definition) is 9. The molecule has 0 bridgehead atoms. The molecule has 0 spiro atoms. The number of nitrogens with zero attached hydrogens (tertiary/aromatic N) is 4. The minimum atomic E-state index is -0.497. The Bertz CT molecular complexity index is 943. The number of esters is 2. The highest BCUT2D eigenvalue weighted by Crippen LogP contribution is 2.34. The first-order valence-corrected chi connectivity index (χ1v) is 11.2. The summed E-state index contributed by atoms with van der Waals surface area (Å²) in [5, 5.41) is 4.12. The van der Waals surface area contributed by atoms with Crippen LogP contribution in [0.3, 0.4) is 0 Å². The second-order valence-electron chi connectivity index (χ2n) is 6.65. The van der Waals surface area contributed by atoms with Gasteiger partial charge in [0.15, 0.2) is 5.11 Å². The number of carbonyl (C=O) groups is 2. The first kappa shape index (κ1) is 22.9. The molecule has 3 heterocycles. The predicted molar refractivity (Wildman–Crippen MR) is 123 cm³/mol. The molecule has 2 aromatic rings. The topological polar surface area (TPSA) is 96.9 Å². The van der Waals surface area contributed by atoms with E-state index in [4.69, 9.17) is 21.7 Å². The molecule has 11 heteroatoms. The fourth-order valence-corrected chi connectivity index (χ4v) is 4.62. The van der Waals surface area contributed by atoms with Crippen molar-refractivity contribution in [1.29, 1.82) is 0 Å².